The normalized spacial score (nSPS) is 22.3. The van der Waals surface area contributed by atoms with Gasteiger partial charge in [0.05, 0.1) is 11.7 Å². The maximum absolute atomic E-state index is 12.4. The van der Waals surface area contributed by atoms with E-state index in [9.17, 15) is 13.2 Å². The van der Waals surface area contributed by atoms with Gasteiger partial charge in [-0.15, -0.1) is 0 Å². The zero-order valence-corrected chi connectivity index (χ0v) is 14.8. The summed E-state index contributed by atoms with van der Waals surface area (Å²) < 4.78 is 22.1. The Morgan fingerprint density at radius 3 is 2.30 bits per heavy atom. The number of primary sulfonamides is 1. The average Bonchev–Trinajstić information content (AvgIpc) is 2.90. The van der Waals surface area contributed by atoms with E-state index in [1.807, 2.05) is 13.8 Å². The van der Waals surface area contributed by atoms with Crippen LogP contribution in [0, 0.1) is 17.3 Å². The summed E-state index contributed by atoms with van der Waals surface area (Å²) >= 11 is 0. The summed E-state index contributed by atoms with van der Waals surface area (Å²) in [5.41, 5.74) is 2.44. The van der Waals surface area contributed by atoms with Crippen molar-refractivity contribution in [3.05, 3.63) is 41.5 Å². The minimum atomic E-state index is -3.54. The molecule has 1 aromatic rings. The first-order valence-corrected chi connectivity index (χ1v) is 9.27. The quantitative estimate of drug-likeness (QED) is 0.810. The number of allylic oxidation sites excluding steroid dienone is 2. The van der Waals surface area contributed by atoms with Gasteiger partial charge in [0.2, 0.25) is 15.9 Å². The van der Waals surface area contributed by atoms with Crippen LogP contribution in [0.25, 0.3) is 0 Å². The van der Waals surface area contributed by atoms with E-state index in [2.05, 4.69) is 25.2 Å². The molecular formula is C17H24N2O3S. The van der Waals surface area contributed by atoms with Crippen LogP contribution in [0.1, 0.15) is 33.3 Å². The lowest BCUT2D eigenvalue weighted by Gasteiger charge is -2.07. The number of hydrogen-bond donors (Lipinski definition) is 2. The van der Waals surface area contributed by atoms with Gasteiger partial charge in [-0.05, 0) is 42.9 Å². The zero-order chi connectivity index (χ0) is 17.4. The van der Waals surface area contributed by atoms with Gasteiger partial charge in [-0.1, -0.05) is 37.6 Å². The Bertz CT molecular complexity index is 730. The summed E-state index contributed by atoms with van der Waals surface area (Å²) in [6, 6.07) is 6.71. The third-order valence-electron chi connectivity index (χ3n) is 4.30. The molecular weight excluding hydrogens is 312 g/mol. The van der Waals surface area contributed by atoms with Crippen molar-refractivity contribution in [3.8, 4) is 0 Å². The first-order chi connectivity index (χ1) is 10.5. The Morgan fingerprint density at radius 2 is 1.83 bits per heavy atom. The van der Waals surface area contributed by atoms with E-state index in [0.717, 1.165) is 0 Å². The van der Waals surface area contributed by atoms with Gasteiger partial charge >= 0.3 is 0 Å². The fourth-order valence-electron chi connectivity index (χ4n) is 2.99. The van der Waals surface area contributed by atoms with Gasteiger partial charge in [0.25, 0.3) is 0 Å². The van der Waals surface area contributed by atoms with E-state index in [0.29, 0.717) is 11.3 Å². The summed E-state index contributed by atoms with van der Waals surface area (Å²) in [5.74, 6) is 0.00634. The van der Waals surface area contributed by atoms with Crippen LogP contribution in [0.4, 0.5) is 5.69 Å². The van der Waals surface area contributed by atoms with Gasteiger partial charge in [0, 0.05) is 5.69 Å². The van der Waals surface area contributed by atoms with Crippen molar-refractivity contribution in [1.82, 2.24) is 0 Å². The number of hydrogen-bond acceptors (Lipinski definition) is 3. The number of anilines is 1. The summed E-state index contributed by atoms with van der Waals surface area (Å²) in [4.78, 5) is 12.4. The molecule has 6 heteroatoms. The molecule has 0 spiro atoms. The number of carbonyl (C=O) groups excluding carboxylic acids is 1. The van der Waals surface area contributed by atoms with E-state index in [1.54, 1.807) is 24.3 Å². The molecule has 2 atom stereocenters. The maximum Gasteiger partial charge on any atom is 0.228 e. The minimum Gasteiger partial charge on any atom is -0.326 e. The van der Waals surface area contributed by atoms with Crippen LogP contribution >= 0.6 is 0 Å². The molecule has 5 nitrogen and oxygen atoms in total. The summed E-state index contributed by atoms with van der Waals surface area (Å²) in [6.45, 7) is 8.26. The number of amides is 1. The minimum absolute atomic E-state index is 0.00306. The number of benzene rings is 1. The van der Waals surface area contributed by atoms with Gasteiger partial charge in [0.15, 0.2) is 0 Å². The maximum atomic E-state index is 12.4. The predicted molar refractivity (Wildman–Crippen MR) is 92.1 cm³/mol. The second-order valence-corrected chi connectivity index (χ2v) is 8.68. The zero-order valence-electron chi connectivity index (χ0n) is 14.0. The molecule has 2 unspecified atom stereocenters. The molecule has 23 heavy (non-hydrogen) atoms. The monoisotopic (exact) mass is 336 g/mol. The highest BCUT2D eigenvalue weighted by Crippen LogP contribution is 2.59. The lowest BCUT2D eigenvalue weighted by Crippen LogP contribution is -2.17. The molecule has 0 radical (unpaired) electrons. The van der Waals surface area contributed by atoms with Gasteiger partial charge in [0.1, 0.15) is 0 Å². The van der Waals surface area contributed by atoms with Gasteiger partial charge in [-0.25, -0.2) is 13.6 Å². The van der Waals surface area contributed by atoms with Crippen molar-refractivity contribution in [2.45, 2.75) is 33.4 Å². The molecule has 2 rings (SSSR count). The van der Waals surface area contributed by atoms with Crippen molar-refractivity contribution in [2.75, 3.05) is 5.32 Å². The Labute approximate surface area is 138 Å². The van der Waals surface area contributed by atoms with Crippen molar-refractivity contribution in [3.63, 3.8) is 0 Å². The molecule has 0 heterocycles. The van der Waals surface area contributed by atoms with Crippen LogP contribution in [-0.2, 0) is 20.6 Å². The second-order valence-electron chi connectivity index (χ2n) is 7.06. The summed E-state index contributed by atoms with van der Waals surface area (Å²) in [6.07, 6.45) is 2.15. The number of rotatable bonds is 5. The van der Waals surface area contributed by atoms with Crippen LogP contribution in [0.3, 0.4) is 0 Å². The first kappa shape index (κ1) is 17.7. The van der Waals surface area contributed by atoms with Crippen molar-refractivity contribution < 1.29 is 13.2 Å². The highest BCUT2D eigenvalue weighted by molar-refractivity contribution is 7.88. The molecule has 126 valence electrons. The van der Waals surface area contributed by atoms with Gasteiger partial charge in [-0.3, -0.25) is 4.79 Å². The topological polar surface area (TPSA) is 89.3 Å². The molecule has 1 aliphatic carbocycles. The van der Waals surface area contributed by atoms with Crippen LogP contribution in [0.2, 0.25) is 0 Å². The Kier molecular flexibility index (Phi) is 4.69. The molecule has 0 saturated heterocycles. The van der Waals surface area contributed by atoms with Crippen molar-refractivity contribution in [2.24, 2.45) is 22.4 Å². The van der Waals surface area contributed by atoms with Crippen LogP contribution in [0.5, 0.6) is 0 Å². The predicted octanol–water partition coefficient (Wildman–Crippen LogP) is 2.65. The van der Waals surface area contributed by atoms with Crippen LogP contribution < -0.4 is 10.5 Å². The van der Waals surface area contributed by atoms with E-state index >= 15 is 0 Å². The van der Waals surface area contributed by atoms with E-state index in [-0.39, 0.29) is 28.9 Å². The van der Waals surface area contributed by atoms with Gasteiger partial charge in [-0.2, -0.15) is 0 Å². The Hall–Kier alpha value is -1.66. The lowest BCUT2D eigenvalue weighted by atomic mass is 10.1. The summed E-state index contributed by atoms with van der Waals surface area (Å²) in [7, 11) is -3.54. The van der Waals surface area contributed by atoms with Crippen molar-refractivity contribution in [1.29, 1.82) is 0 Å². The number of carbonyl (C=O) groups is 1. The fourth-order valence-corrected chi connectivity index (χ4v) is 3.64. The SMILES string of the molecule is CC(C)=CC1C(C(=O)Nc2ccc(CS(N)(=O)=O)cc2)C1(C)C. The number of sulfonamides is 1. The molecule has 0 aromatic heterocycles. The molecule has 1 saturated carbocycles. The largest absolute Gasteiger partial charge is 0.326 e. The average molecular weight is 336 g/mol. The third kappa shape index (κ3) is 4.42. The van der Waals surface area contributed by atoms with Crippen molar-refractivity contribution >= 4 is 21.6 Å². The summed E-state index contributed by atoms with van der Waals surface area (Å²) in [5, 5.41) is 7.92. The first-order valence-electron chi connectivity index (χ1n) is 7.56. The molecule has 1 fully saturated rings. The third-order valence-corrected chi connectivity index (χ3v) is 5.03. The van der Waals surface area contributed by atoms with E-state index < -0.39 is 10.0 Å². The van der Waals surface area contributed by atoms with Gasteiger partial charge < -0.3 is 5.32 Å². The molecule has 0 aliphatic heterocycles. The molecule has 1 aromatic carbocycles. The van der Waals surface area contributed by atoms with E-state index in [1.165, 1.54) is 5.57 Å². The number of nitrogens with two attached hydrogens (primary N) is 1. The van der Waals surface area contributed by atoms with Crippen LogP contribution in [-0.4, -0.2) is 14.3 Å². The fraction of sp³-hybridized carbons (Fsp3) is 0.471. The molecule has 1 aliphatic rings. The molecule has 1 amide bonds. The highest BCUT2D eigenvalue weighted by Gasteiger charge is 2.60. The number of nitrogens with one attached hydrogen (secondary N) is 1. The Balaban J connectivity index is 2.03. The Morgan fingerprint density at radius 1 is 1.26 bits per heavy atom. The second kappa shape index (κ2) is 6.09. The molecule has 3 N–H and O–H groups in total. The van der Waals surface area contributed by atoms with E-state index in [4.69, 9.17) is 5.14 Å². The smallest absolute Gasteiger partial charge is 0.228 e. The standard InChI is InChI=1S/C17H24N2O3S/c1-11(2)9-14-15(17(14,3)4)16(20)19-13-7-5-12(6-8-13)10-23(18,21)22/h5-9,14-15H,10H2,1-4H3,(H,19,20)(H2,18,21,22). The molecule has 0 bridgehead atoms. The lowest BCUT2D eigenvalue weighted by molar-refractivity contribution is -0.118. The van der Waals surface area contributed by atoms with Crippen LogP contribution in [0.15, 0.2) is 35.9 Å². The highest BCUT2D eigenvalue weighted by atomic mass is 32.2.